The summed E-state index contributed by atoms with van der Waals surface area (Å²) in [5, 5.41) is 0. The molecule has 0 bridgehead atoms. The third-order valence-corrected chi connectivity index (χ3v) is 7.25. The van der Waals surface area contributed by atoms with Crippen LogP contribution in [0.25, 0.3) is 0 Å². The SMILES string of the molecule is Cc1ccc(S(=O)(=O)NCc2ccc3c(c2)N(C(=O)c2ccccc2)[C@@H](C)C3)c(C)c1. The minimum Gasteiger partial charge on any atom is -0.305 e. The van der Waals surface area contributed by atoms with E-state index >= 15 is 0 Å². The van der Waals surface area contributed by atoms with Crippen LogP contribution in [0.2, 0.25) is 0 Å². The van der Waals surface area contributed by atoms with Gasteiger partial charge in [0.1, 0.15) is 0 Å². The van der Waals surface area contributed by atoms with Crippen LogP contribution in [-0.4, -0.2) is 20.4 Å². The summed E-state index contributed by atoms with van der Waals surface area (Å²) < 4.78 is 28.3. The van der Waals surface area contributed by atoms with Gasteiger partial charge in [-0.1, -0.05) is 48.0 Å². The summed E-state index contributed by atoms with van der Waals surface area (Å²) in [5.41, 5.74) is 5.14. The van der Waals surface area contributed by atoms with E-state index in [0.29, 0.717) is 5.56 Å². The topological polar surface area (TPSA) is 66.5 Å². The molecule has 0 fully saturated rings. The van der Waals surface area contributed by atoms with Gasteiger partial charge in [0.2, 0.25) is 10.0 Å². The number of nitrogens with zero attached hydrogens (tertiary/aromatic N) is 1. The molecule has 0 spiro atoms. The molecule has 0 unspecified atom stereocenters. The van der Waals surface area contributed by atoms with Crippen LogP contribution in [0.15, 0.2) is 71.6 Å². The van der Waals surface area contributed by atoms with Gasteiger partial charge in [0.25, 0.3) is 5.91 Å². The molecule has 160 valence electrons. The molecule has 3 aromatic rings. The second-order valence-electron chi connectivity index (χ2n) is 8.15. The highest BCUT2D eigenvalue weighted by molar-refractivity contribution is 7.89. The second-order valence-corrected chi connectivity index (χ2v) is 9.89. The molecule has 6 heteroatoms. The van der Waals surface area contributed by atoms with Crippen LogP contribution in [0.3, 0.4) is 0 Å². The van der Waals surface area contributed by atoms with Gasteiger partial charge in [-0.15, -0.1) is 0 Å². The van der Waals surface area contributed by atoms with Crippen molar-refractivity contribution in [2.24, 2.45) is 0 Å². The summed E-state index contributed by atoms with van der Waals surface area (Å²) >= 11 is 0. The first-order valence-electron chi connectivity index (χ1n) is 10.3. The number of benzene rings is 3. The van der Waals surface area contributed by atoms with E-state index < -0.39 is 10.0 Å². The van der Waals surface area contributed by atoms with Crippen LogP contribution in [0, 0.1) is 13.8 Å². The van der Waals surface area contributed by atoms with Crippen molar-refractivity contribution in [3.8, 4) is 0 Å². The zero-order valence-electron chi connectivity index (χ0n) is 17.9. The Bertz CT molecular complexity index is 1240. The molecule has 1 amide bonds. The molecule has 1 aliphatic rings. The number of nitrogens with one attached hydrogen (secondary N) is 1. The molecule has 0 aromatic heterocycles. The Balaban J connectivity index is 1.57. The van der Waals surface area contributed by atoms with E-state index in [-0.39, 0.29) is 23.4 Å². The third kappa shape index (κ3) is 4.27. The average molecular weight is 435 g/mol. The van der Waals surface area contributed by atoms with Crippen molar-refractivity contribution in [3.63, 3.8) is 0 Å². The number of carbonyl (C=O) groups excluding carboxylic acids is 1. The van der Waals surface area contributed by atoms with Gasteiger partial charge < -0.3 is 4.90 Å². The molecule has 5 nitrogen and oxygen atoms in total. The van der Waals surface area contributed by atoms with Crippen LogP contribution in [-0.2, 0) is 23.0 Å². The van der Waals surface area contributed by atoms with Crippen LogP contribution in [0.5, 0.6) is 0 Å². The molecule has 1 heterocycles. The molecule has 0 radical (unpaired) electrons. The Morgan fingerprint density at radius 1 is 1.03 bits per heavy atom. The van der Waals surface area contributed by atoms with Gasteiger partial charge in [0.15, 0.2) is 0 Å². The monoisotopic (exact) mass is 434 g/mol. The van der Waals surface area contributed by atoms with Gasteiger partial charge in [-0.3, -0.25) is 4.79 Å². The maximum Gasteiger partial charge on any atom is 0.258 e. The van der Waals surface area contributed by atoms with Crippen LogP contribution in [0.1, 0.15) is 39.5 Å². The normalized spacial score (nSPS) is 15.7. The number of hydrogen-bond donors (Lipinski definition) is 1. The number of anilines is 1. The van der Waals surface area contributed by atoms with Gasteiger partial charge in [-0.25, -0.2) is 13.1 Å². The largest absolute Gasteiger partial charge is 0.305 e. The van der Waals surface area contributed by atoms with Gasteiger partial charge in [0.05, 0.1) is 4.90 Å². The van der Waals surface area contributed by atoms with E-state index in [9.17, 15) is 13.2 Å². The molecule has 3 aromatic carbocycles. The fourth-order valence-corrected chi connectivity index (χ4v) is 5.39. The van der Waals surface area contributed by atoms with E-state index in [1.807, 2.05) is 73.3 Å². The molecular formula is C25H26N2O3S. The van der Waals surface area contributed by atoms with Gasteiger partial charge in [-0.05, 0) is 68.1 Å². The number of fused-ring (bicyclic) bond motifs is 1. The predicted octanol–water partition coefficient (Wildman–Crippen LogP) is 4.37. The van der Waals surface area contributed by atoms with E-state index in [2.05, 4.69) is 4.72 Å². The molecule has 31 heavy (non-hydrogen) atoms. The Labute approximate surface area is 183 Å². The van der Waals surface area contributed by atoms with E-state index in [1.165, 1.54) is 0 Å². The molecule has 1 atom stereocenters. The van der Waals surface area contributed by atoms with Crippen molar-refractivity contribution in [1.29, 1.82) is 0 Å². The molecule has 0 saturated carbocycles. The first-order chi connectivity index (χ1) is 14.8. The Morgan fingerprint density at radius 2 is 1.77 bits per heavy atom. The quantitative estimate of drug-likeness (QED) is 0.648. The van der Waals surface area contributed by atoms with Crippen LogP contribution < -0.4 is 9.62 Å². The minimum atomic E-state index is -3.63. The third-order valence-electron chi connectivity index (χ3n) is 5.69. The fourth-order valence-electron chi connectivity index (χ4n) is 4.15. The highest BCUT2D eigenvalue weighted by Crippen LogP contribution is 2.34. The molecule has 0 saturated heterocycles. The van der Waals surface area contributed by atoms with Crippen molar-refractivity contribution in [2.45, 2.75) is 44.7 Å². The number of carbonyl (C=O) groups is 1. The second kappa shape index (κ2) is 8.29. The number of hydrogen-bond acceptors (Lipinski definition) is 3. The number of amides is 1. The van der Waals surface area contributed by atoms with Gasteiger partial charge >= 0.3 is 0 Å². The Kier molecular flexibility index (Phi) is 5.69. The highest BCUT2D eigenvalue weighted by Gasteiger charge is 2.31. The van der Waals surface area contributed by atoms with E-state index in [4.69, 9.17) is 0 Å². The lowest BCUT2D eigenvalue weighted by Crippen LogP contribution is -2.35. The van der Waals surface area contributed by atoms with Crippen molar-refractivity contribution in [1.82, 2.24) is 4.72 Å². The lowest BCUT2D eigenvalue weighted by Gasteiger charge is -2.23. The van der Waals surface area contributed by atoms with Crippen LogP contribution in [0.4, 0.5) is 5.69 Å². The maximum atomic E-state index is 13.1. The number of sulfonamides is 1. The van der Waals surface area contributed by atoms with E-state index in [0.717, 1.165) is 34.4 Å². The molecule has 1 aliphatic heterocycles. The lowest BCUT2D eigenvalue weighted by atomic mass is 10.1. The smallest absolute Gasteiger partial charge is 0.258 e. The summed E-state index contributed by atoms with van der Waals surface area (Å²) in [7, 11) is -3.63. The first-order valence-corrected chi connectivity index (χ1v) is 11.8. The van der Waals surface area contributed by atoms with Crippen LogP contribution >= 0.6 is 0 Å². The summed E-state index contributed by atoms with van der Waals surface area (Å²) in [5.74, 6) is -0.0418. The lowest BCUT2D eigenvalue weighted by molar-refractivity contribution is 0.0981. The van der Waals surface area contributed by atoms with Crippen molar-refractivity contribution in [2.75, 3.05) is 4.90 Å². The predicted molar refractivity (Wildman–Crippen MR) is 123 cm³/mol. The maximum absolute atomic E-state index is 13.1. The minimum absolute atomic E-state index is 0.0418. The van der Waals surface area contributed by atoms with Gasteiger partial charge in [-0.2, -0.15) is 0 Å². The highest BCUT2D eigenvalue weighted by atomic mass is 32.2. The summed E-state index contributed by atoms with van der Waals surface area (Å²) in [6.45, 7) is 5.92. The zero-order valence-corrected chi connectivity index (χ0v) is 18.7. The van der Waals surface area contributed by atoms with E-state index in [1.54, 1.807) is 19.1 Å². The average Bonchev–Trinajstić information content (AvgIpc) is 3.07. The molecule has 1 N–H and O–H groups in total. The van der Waals surface area contributed by atoms with Crippen molar-refractivity contribution < 1.29 is 13.2 Å². The first kappa shape index (κ1) is 21.3. The molecule has 4 rings (SSSR count). The number of aryl methyl sites for hydroxylation is 2. The van der Waals surface area contributed by atoms with Crippen molar-refractivity contribution >= 4 is 21.6 Å². The summed E-state index contributed by atoms with van der Waals surface area (Å²) in [4.78, 5) is 15.2. The molecular weight excluding hydrogens is 408 g/mol. The van der Waals surface area contributed by atoms with Crippen molar-refractivity contribution in [3.05, 3.63) is 94.5 Å². The standard InChI is InChI=1S/C25H26N2O3S/c1-17-9-12-24(18(2)13-17)31(29,30)26-16-20-10-11-22-14-19(3)27(23(22)15-20)25(28)21-7-5-4-6-8-21/h4-13,15,19,26H,14,16H2,1-3H3/t19-/m0/s1. The molecule has 0 aliphatic carbocycles. The summed E-state index contributed by atoms with van der Waals surface area (Å²) in [6.07, 6.45) is 0.780. The Hall–Kier alpha value is -2.96. The number of rotatable bonds is 5. The summed E-state index contributed by atoms with van der Waals surface area (Å²) in [6, 6.07) is 20.4. The Morgan fingerprint density at radius 3 is 2.48 bits per heavy atom. The zero-order chi connectivity index (χ0) is 22.2. The fraction of sp³-hybridized carbons (Fsp3) is 0.240. The van der Waals surface area contributed by atoms with Gasteiger partial charge in [0, 0.05) is 23.8 Å².